The van der Waals surface area contributed by atoms with Crippen LogP contribution in [0, 0.1) is 11.3 Å². The molecule has 0 atom stereocenters. The summed E-state index contributed by atoms with van der Waals surface area (Å²) in [6.45, 7) is 1.47. The van der Waals surface area contributed by atoms with E-state index in [2.05, 4.69) is 11.4 Å². The van der Waals surface area contributed by atoms with Gasteiger partial charge in [-0.2, -0.15) is 5.26 Å². The van der Waals surface area contributed by atoms with Crippen LogP contribution >= 0.6 is 0 Å². The number of nitrogens with one attached hydrogen (secondary N) is 1. The van der Waals surface area contributed by atoms with Crippen LogP contribution < -0.4 is 5.32 Å². The zero-order chi connectivity index (χ0) is 12.6. The van der Waals surface area contributed by atoms with Crippen LogP contribution in [0.4, 0.5) is 5.69 Å². The lowest BCUT2D eigenvalue weighted by Crippen LogP contribution is -2.20. The lowest BCUT2D eigenvalue weighted by atomic mass is 9.98. The average Bonchev–Trinajstić information content (AvgIpc) is 2.45. The van der Waals surface area contributed by atoms with E-state index in [0.717, 1.165) is 12.2 Å². The van der Waals surface area contributed by atoms with Crippen LogP contribution in [0.15, 0.2) is 24.3 Å². The van der Waals surface area contributed by atoms with Gasteiger partial charge in [0.05, 0.1) is 24.0 Å². The Hall–Kier alpha value is -1.53. The molecule has 1 aromatic carbocycles. The minimum Gasteiger partial charge on any atom is -0.382 e. The summed E-state index contributed by atoms with van der Waals surface area (Å²) < 4.78 is 5.83. The lowest BCUT2D eigenvalue weighted by Gasteiger charge is -2.22. The molecule has 18 heavy (non-hydrogen) atoms. The summed E-state index contributed by atoms with van der Waals surface area (Å²) in [7, 11) is 0. The highest BCUT2D eigenvalue weighted by Gasteiger charge is 2.12. The standard InChI is InChI=1S/C15H20N2O/c16-12-13-6-4-5-9-15(13)17-10-11-18-14-7-2-1-3-8-14/h4-6,9,14,17H,1-3,7-8,10-11H2. The van der Waals surface area contributed by atoms with Gasteiger partial charge in [-0.05, 0) is 25.0 Å². The van der Waals surface area contributed by atoms with E-state index in [9.17, 15) is 0 Å². The molecular weight excluding hydrogens is 224 g/mol. The van der Waals surface area contributed by atoms with Crippen molar-refractivity contribution in [3.8, 4) is 6.07 Å². The Kier molecular flexibility index (Phi) is 5.04. The highest BCUT2D eigenvalue weighted by Crippen LogP contribution is 2.20. The predicted octanol–water partition coefficient (Wildman–Crippen LogP) is 3.32. The molecule has 1 aliphatic rings. The molecule has 1 N–H and O–H groups in total. The van der Waals surface area contributed by atoms with Crippen LogP contribution in [0.5, 0.6) is 0 Å². The van der Waals surface area contributed by atoms with Gasteiger partial charge < -0.3 is 10.1 Å². The number of para-hydroxylation sites is 1. The van der Waals surface area contributed by atoms with Gasteiger partial charge in [0, 0.05) is 6.54 Å². The largest absolute Gasteiger partial charge is 0.382 e. The average molecular weight is 244 g/mol. The first-order chi connectivity index (χ1) is 8.90. The van der Waals surface area contributed by atoms with Gasteiger partial charge in [0.15, 0.2) is 0 Å². The molecule has 0 saturated heterocycles. The second-order valence-electron chi connectivity index (χ2n) is 4.71. The Morgan fingerprint density at radius 1 is 1.22 bits per heavy atom. The van der Waals surface area contributed by atoms with Crippen LogP contribution in [0.2, 0.25) is 0 Å². The normalized spacial score (nSPS) is 16.2. The molecule has 1 aliphatic carbocycles. The maximum Gasteiger partial charge on any atom is 0.101 e. The molecule has 0 bridgehead atoms. The highest BCUT2D eigenvalue weighted by molar-refractivity contribution is 5.56. The molecule has 96 valence electrons. The summed E-state index contributed by atoms with van der Waals surface area (Å²) >= 11 is 0. The Bertz CT molecular complexity index is 405. The molecule has 0 aromatic heterocycles. The van der Waals surface area contributed by atoms with Gasteiger partial charge in [-0.3, -0.25) is 0 Å². The van der Waals surface area contributed by atoms with Crippen LogP contribution in [0.3, 0.4) is 0 Å². The van der Waals surface area contributed by atoms with Crippen molar-refractivity contribution in [2.24, 2.45) is 0 Å². The Morgan fingerprint density at radius 2 is 2.00 bits per heavy atom. The van der Waals surface area contributed by atoms with Crippen molar-refractivity contribution in [2.45, 2.75) is 38.2 Å². The highest BCUT2D eigenvalue weighted by atomic mass is 16.5. The van der Waals surface area contributed by atoms with Crippen LogP contribution in [-0.4, -0.2) is 19.3 Å². The first-order valence-corrected chi connectivity index (χ1v) is 6.75. The summed E-state index contributed by atoms with van der Waals surface area (Å²) in [6.07, 6.45) is 6.81. The number of ether oxygens (including phenoxy) is 1. The molecule has 0 spiro atoms. The minimum atomic E-state index is 0.451. The number of hydrogen-bond donors (Lipinski definition) is 1. The van der Waals surface area contributed by atoms with Crippen molar-refractivity contribution in [2.75, 3.05) is 18.5 Å². The monoisotopic (exact) mass is 244 g/mol. The second-order valence-corrected chi connectivity index (χ2v) is 4.71. The third-order valence-electron chi connectivity index (χ3n) is 3.37. The molecule has 3 heteroatoms. The maximum absolute atomic E-state index is 8.96. The molecule has 3 nitrogen and oxygen atoms in total. The van der Waals surface area contributed by atoms with Crippen molar-refractivity contribution in [3.05, 3.63) is 29.8 Å². The third-order valence-corrected chi connectivity index (χ3v) is 3.37. The molecule has 1 saturated carbocycles. The summed E-state index contributed by atoms with van der Waals surface area (Å²) in [4.78, 5) is 0. The molecule has 0 aliphatic heterocycles. The van der Waals surface area contributed by atoms with Gasteiger partial charge in [-0.15, -0.1) is 0 Å². The van der Waals surface area contributed by atoms with Crippen molar-refractivity contribution in [1.82, 2.24) is 0 Å². The number of nitrogens with zero attached hydrogens (tertiary/aromatic N) is 1. The van der Waals surface area contributed by atoms with Crippen molar-refractivity contribution in [1.29, 1.82) is 5.26 Å². The molecule has 0 unspecified atom stereocenters. The van der Waals surface area contributed by atoms with Crippen LogP contribution in [0.1, 0.15) is 37.7 Å². The zero-order valence-corrected chi connectivity index (χ0v) is 10.7. The molecule has 1 fully saturated rings. The first-order valence-electron chi connectivity index (χ1n) is 6.75. The second kappa shape index (κ2) is 7.03. The number of nitriles is 1. The van der Waals surface area contributed by atoms with Crippen molar-refractivity contribution < 1.29 is 4.74 Å². The van der Waals surface area contributed by atoms with E-state index in [4.69, 9.17) is 10.00 Å². The smallest absolute Gasteiger partial charge is 0.101 e. The van der Waals surface area contributed by atoms with Gasteiger partial charge in [-0.1, -0.05) is 31.4 Å². The summed E-state index contributed by atoms with van der Waals surface area (Å²) in [6, 6.07) is 9.75. The SMILES string of the molecule is N#Cc1ccccc1NCCOC1CCCCC1. The third kappa shape index (κ3) is 3.75. The van der Waals surface area contributed by atoms with Gasteiger partial charge >= 0.3 is 0 Å². The fourth-order valence-electron chi connectivity index (χ4n) is 2.38. The molecule has 0 amide bonds. The summed E-state index contributed by atoms with van der Waals surface area (Å²) in [5, 5.41) is 12.2. The number of hydrogen-bond acceptors (Lipinski definition) is 3. The lowest BCUT2D eigenvalue weighted by molar-refractivity contribution is 0.0347. The molecular formula is C15H20N2O. The Labute approximate surface area is 109 Å². The molecule has 1 aromatic rings. The van der Waals surface area contributed by atoms with Crippen molar-refractivity contribution >= 4 is 5.69 Å². The number of rotatable bonds is 5. The molecule has 2 rings (SSSR count). The quantitative estimate of drug-likeness (QED) is 0.808. The van der Waals surface area contributed by atoms with E-state index in [0.29, 0.717) is 18.3 Å². The van der Waals surface area contributed by atoms with E-state index in [1.165, 1.54) is 32.1 Å². The topological polar surface area (TPSA) is 45.0 Å². The number of anilines is 1. The van der Waals surface area contributed by atoms with E-state index < -0.39 is 0 Å². The van der Waals surface area contributed by atoms with Gasteiger partial charge in [0.2, 0.25) is 0 Å². The summed E-state index contributed by atoms with van der Waals surface area (Å²) in [5.74, 6) is 0. The maximum atomic E-state index is 8.96. The molecule has 0 heterocycles. The summed E-state index contributed by atoms with van der Waals surface area (Å²) in [5.41, 5.74) is 1.59. The van der Waals surface area contributed by atoms with Gasteiger partial charge in [0.25, 0.3) is 0 Å². The number of benzene rings is 1. The Balaban J connectivity index is 1.70. The van der Waals surface area contributed by atoms with Crippen molar-refractivity contribution in [3.63, 3.8) is 0 Å². The van der Waals surface area contributed by atoms with Gasteiger partial charge in [-0.25, -0.2) is 0 Å². The van der Waals surface area contributed by atoms with Crippen LogP contribution in [-0.2, 0) is 4.74 Å². The van der Waals surface area contributed by atoms with E-state index in [1.54, 1.807) is 0 Å². The van der Waals surface area contributed by atoms with E-state index >= 15 is 0 Å². The predicted molar refractivity (Wildman–Crippen MR) is 72.5 cm³/mol. The van der Waals surface area contributed by atoms with Crippen LogP contribution in [0.25, 0.3) is 0 Å². The molecule has 0 radical (unpaired) electrons. The van der Waals surface area contributed by atoms with E-state index in [-0.39, 0.29) is 0 Å². The fraction of sp³-hybridized carbons (Fsp3) is 0.533. The first kappa shape index (κ1) is 12.9. The zero-order valence-electron chi connectivity index (χ0n) is 10.7. The van der Waals surface area contributed by atoms with Gasteiger partial charge in [0.1, 0.15) is 6.07 Å². The Morgan fingerprint density at radius 3 is 2.78 bits per heavy atom. The van der Waals surface area contributed by atoms with E-state index in [1.807, 2.05) is 24.3 Å². The minimum absolute atomic E-state index is 0.451. The fourth-order valence-corrected chi connectivity index (χ4v) is 2.38.